The fourth-order valence-corrected chi connectivity index (χ4v) is 2.62. The highest BCUT2D eigenvalue weighted by Gasteiger charge is 2.15. The summed E-state index contributed by atoms with van der Waals surface area (Å²) in [6.45, 7) is 0.376. The summed E-state index contributed by atoms with van der Waals surface area (Å²) in [6, 6.07) is 14.3. The number of benzene rings is 2. The van der Waals surface area contributed by atoms with Gasteiger partial charge in [0.1, 0.15) is 0 Å². The molecule has 2 aromatic rings. The van der Waals surface area contributed by atoms with Gasteiger partial charge in [0, 0.05) is 15.2 Å². The standard InChI is InChI=1S/C17H17BrClN3O2/c1-22(10-16(23)20-13-8-6-12(19)7-9-13)11-17(24)21-15-5-3-2-4-14(15)18/h2-9H,10-11H2,1H3,(H,20,23)(H,21,24)/p+1. The highest BCUT2D eigenvalue weighted by atomic mass is 79.9. The number of para-hydroxylation sites is 1. The van der Waals surface area contributed by atoms with E-state index in [-0.39, 0.29) is 24.9 Å². The Morgan fingerprint density at radius 3 is 2.21 bits per heavy atom. The Morgan fingerprint density at radius 1 is 1.00 bits per heavy atom. The molecule has 0 fully saturated rings. The van der Waals surface area contributed by atoms with Gasteiger partial charge in [-0.3, -0.25) is 9.59 Å². The zero-order valence-electron chi connectivity index (χ0n) is 13.1. The molecule has 3 N–H and O–H groups in total. The molecule has 0 heterocycles. The van der Waals surface area contributed by atoms with Crippen molar-refractivity contribution < 1.29 is 14.5 Å². The molecule has 2 aromatic carbocycles. The first-order valence-electron chi connectivity index (χ1n) is 7.35. The number of nitrogens with one attached hydrogen (secondary N) is 3. The van der Waals surface area contributed by atoms with Gasteiger partial charge in [0.05, 0.1) is 12.7 Å². The molecule has 0 bridgehead atoms. The largest absolute Gasteiger partial charge is 0.322 e. The van der Waals surface area contributed by atoms with Crippen molar-refractivity contribution >= 4 is 50.7 Å². The molecule has 0 saturated carbocycles. The second kappa shape index (κ2) is 8.82. The Balaban J connectivity index is 1.80. The predicted octanol–water partition coefficient (Wildman–Crippen LogP) is 2.19. The molecular weight excluding hydrogens is 394 g/mol. The van der Waals surface area contributed by atoms with Crippen molar-refractivity contribution in [2.45, 2.75) is 0 Å². The fraction of sp³-hybridized carbons (Fsp3) is 0.176. The van der Waals surface area contributed by atoms with Crippen LogP contribution in [0.5, 0.6) is 0 Å². The summed E-state index contributed by atoms with van der Waals surface area (Å²) in [7, 11) is 1.79. The average Bonchev–Trinajstić information content (AvgIpc) is 2.51. The molecule has 1 unspecified atom stereocenters. The first-order chi connectivity index (χ1) is 11.4. The molecule has 126 valence electrons. The molecule has 24 heavy (non-hydrogen) atoms. The van der Waals surface area contributed by atoms with Gasteiger partial charge in [-0.1, -0.05) is 23.7 Å². The number of quaternary nitrogens is 1. The topological polar surface area (TPSA) is 62.6 Å². The van der Waals surface area contributed by atoms with Crippen LogP contribution in [0.15, 0.2) is 53.0 Å². The molecule has 7 heteroatoms. The quantitative estimate of drug-likeness (QED) is 0.682. The van der Waals surface area contributed by atoms with Crippen molar-refractivity contribution in [2.24, 2.45) is 0 Å². The lowest BCUT2D eigenvalue weighted by molar-refractivity contribution is -0.862. The van der Waals surface area contributed by atoms with E-state index in [1.54, 1.807) is 31.3 Å². The Bertz CT molecular complexity index is 722. The van der Waals surface area contributed by atoms with Crippen LogP contribution in [0, 0.1) is 0 Å². The third-order valence-corrected chi connectivity index (χ3v) is 4.14. The summed E-state index contributed by atoms with van der Waals surface area (Å²) in [5.74, 6) is -0.317. The molecule has 0 aliphatic heterocycles. The van der Waals surface area contributed by atoms with Crippen LogP contribution in [0.4, 0.5) is 11.4 Å². The van der Waals surface area contributed by atoms with E-state index in [4.69, 9.17) is 11.6 Å². The lowest BCUT2D eigenvalue weighted by Gasteiger charge is -2.14. The number of amides is 2. The smallest absolute Gasteiger partial charge is 0.279 e. The van der Waals surface area contributed by atoms with E-state index in [0.717, 1.165) is 9.37 Å². The molecule has 0 aromatic heterocycles. The van der Waals surface area contributed by atoms with Crippen LogP contribution in [-0.4, -0.2) is 32.0 Å². The van der Waals surface area contributed by atoms with Crippen LogP contribution in [0.2, 0.25) is 5.02 Å². The SMILES string of the molecule is C[NH+](CC(=O)Nc1ccc(Cl)cc1)CC(=O)Nc1ccccc1Br. The summed E-state index contributed by atoms with van der Waals surface area (Å²) in [4.78, 5) is 24.8. The number of hydrogen-bond acceptors (Lipinski definition) is 2. The Morgan fingerprint density at radius 2 is 1.58 bits per heavy atom. The minimum Gasteiger partial charge on any atom is -0.322 e. The van der Waals surface area contributed by atoms with Crippen molar-refractivity contribution in [2.75, 3.05) is 30.8 Å². The van der Waals surface area contributed by atoms with Gasteiger partial charge in [0.15, 0.2) is 13.1 Å². The van der Waals surface area contributed by atoms with Gasteiger partial charge in [-0.2, -0.15) is 0 Å². The van der Waals surface area contributed by atoms with Gasteiger partial charge in [-0.15, -0.1) is 0 Å². The van der Waals surface area contributed by atoms with Gasteiger partial charge < -0.3 is 15.5 Å². The van der Waals surface area contributed by atoms with Crippen LogP contribution in [0.1, 0.15) is 0 Å². The predicted molar refractivity (Wildman–Crippen MR) is 99.5 cm³/mol. The molecule has 0 spiro atoms. The van der Waals surface area contributed by atoms with Gasteiger partial charge >= 0.3 is 0 Å². The van der Waals surface area contributed by atoms with Crippen molar-refractivity contribution in [3.05, 3.63) is 58.0 Å². The van der Waals surface area contributed by atoms with Crippen LogP contribution in [0.3, 0.4) is 0 Å². The molecular formula is C17H18BrClN3O2+. The molecule has 0 aliphatic rings. The van der Waals surface area contributed by atoms with Crippen molar-refractivity contribution in [1.82, 2.24) is 0 Å². The maximum absolute atomic E-state index is 12.1. The molecule has 1 atom stereocenters. The van der Waals surface area contributed by atoms with Crippen LogP contribution < -0.4 is 15.5 Å². The van der Waals surface area contributed by atoms with Crippen molar-refractivity contribution in [3.63, 3.8) is 0 Å². The van der Waals surface area contributed by atoms with Crippen molar-refractivity contribution in [3.8, 4) is 0 Å². The number of hydrogen-bond donors (Lipinski definition) is 3. The lowest BCUT2D eigenvalue weighted by Crippen LogP contribution is -3.11. The number of carbonyl (C=O) groups excluding carboxylic acids is 2. The second-order valence-electron chi connectivity index (χ2n) is 5.39. The maximum atomic E-state index is 12.1. The monoisotopic (exact) mass is 410 g/mol. The number of carbonyl (C=O) groups is 2. The summed E-state index contributed by atoms with van der Waals surface area (Å²) in [6.07, 6.45) is 0. The lowest BCUT2D eigenvalue weighted by atomic mass is 10.3. The van der Waals surface area contributed by atoms with E-state index < -0.39 is 0 Å². The number of likely N-dealkylation sites (N-methyl/N-ethyl adjacent to an activating group) is 1. The van der Waals surface area contributed by atoms with E-state index in [1.807, 2.05) is 24.3 Å². The maximum Gasteiger partial charge on any atom is 0.279 e. The van der Waals surface area contributed by atoms with Crippen LogP contribution >= 0.6 is 27.5 Å². The normalized spacial score (nSPS) is 11.6. The summed E-state index contributed by atoms with van der Waals surface area (Å²) < 4.78 is 0.816. The number of anilines is 2. The van der Waals surface area contributed by atoms with Crippen LogP contribution in [0.25, 0.3) is 0 Å². The molecule has 2 rings (SSSR count). The van der Waals surface area contributed by atoms with Gasteiger partial charge in [-0.05, 0) is 52.3 Å². The number of halogens is 2. The Kier molecular flexibility index (Phi) is 6.78. The van der Waals surface area contributed by atoms with E-state index in [9.17, 15) is 9.59 Å². The third-order valence-electron chi connectivity index (χ3n) is 3.20. The highest BCUT2D eigenvalue weighted by Crippen LogP contribution is 2.20. The van der Waals surface area contributed by atoms with Gasteiger partial charge in [-0.25, -0.2) is 0 Å². The van der Waals surface area contributed by atoms with Crippen LogP contribution in [-0.2, 0) is 9.59 Å². The first kappa shape index (κ1) is 18.4. The minimum absolute atomic E-state index is 0.154. The van der Waals surface area contributed by atoms with Crippen molar-refractivity contribution in [1.29, 1.82) is 0 Å². The number of rotatable bonds is 6. The van der Waals surface area contributed by atoms with Gasteiger partial charge in [0.2, 0.25) is 0 Å². The van der Waals surface area contributed by atoms with E-state index in [1.165, 1.54) is 0 Å². The molecule has 2 amide bonds. The van der Waals surface area contributed by atoms with E-state index in [0.29, 0.717) is 16.4 Å². The third kappa shape index (κ3) is 5.96. The molecule has 0 saturated heterocycles. The highest BCUT2D eigenvalue weighted by molar-refractivity contribution is 9.10. The second-order valence-corrected chi connectivity index (χ2v) is 6.68. The Hall–Kier alpha value is -1.89. The minimum atomic E-state index is -0.163. The summed E-state index contributed by atoms with van der Waals surface area (Å²) in [5.41, 5.74) is 1.38. The fourth-order valence-electron chi connectivity index (χ4n) is 2.11. The molecule has 0 aliphatic carbocycles. The summed E-state index contributed by atoms with van der Waals surface area (Å²) in [5, 5.41) is 6.20. The zero-order chi connectivity index (χ0) is 17.5. The molecule has 0 radical (unpaired) electrons. The van der Waals surface area contributed by atoms with Gasteiger partial charge in [0.25, 0.3) is 11.8 Å². The Labute approximate surface area is 154 Å². The first-order valence-corrected chi connectivity index (χ1v) is 8.52. The average molecular weight is 412 g/mol. The summed E-state index contributed by atoms with van der Waals surface area (Å²) >= 11 is 9.18. The zero-order valence-corrected chi connectivity index (χ0v) is 15.4. The van der Waals surface area contributed by atoms with E-state index >= 15 is 0 Å². The van der Waals surface area contributed by atoms with E-state index in [2.05, 4.69) is 26.6 Å². The molecule has 5 nitrogen and oxygen atoms in total.